The maximum atomic E-state index is 5.43. The summed E-state index contributed by atoms with van der Waals surface area (Å²) < 4.78 is 0. The van der Waals surface area contributed by atoms with Crippen LogP contribution in [0.4, 0.5) is 0 Å². The number of hydrogen-bond acceptors (Lipinski definition) is 3. The Bertz CT molecular complexity index is 4030. The van der Waals surface area contributed by atoms with Crippen LogP contribution in [0.5, 0.6) is 0 Å². The number of rotatable bonds is 7. The molecule has 0 aliphatic rings. The molecule has 3 nitrogen and oxygen atoms in total. The maximum absolute atomic E-state index is 5.43. The van der Waals surface area contributed by atoms with Crippen LogP contribution in [0.3, 0.4) is 0 Å². The molecule has 0 aliphatic carbocycles. The highest BCUT2D eigenvalue weighted by molar-refractivity contribution is 6.72. The van der Waals surface area contributed by atoms with E-state index in [4.69, 9.17) is 15.0 Å². The van der Waals surface area contributed by atoms with Gasteiger partial charge in [0.15, 0.2) is 17.5 Å². The van der Waals surface area contributed by atoms with Crippen LogP contribution in [-0.2, 0) is 0 Å². The Morgan fingerprint density at radius 1 is 0.236 bits per heavy atom. The highest BCUT2D eigenvalue weighted by Crippen LogP contribution is 2.39. The van der Waals surface area contributed by atoms with Crippen molar-refractivity contribution in [2.45, 2.75) is 0 Å². The van der Waals surface area contributed by atoms with Crippen molar-refractivity contribution in [3.05, 3.63) is 152 Å². The van der Waals surface area contributed by atoms with Crippen LogP contribution in [0.25, 0.3) is 111 Å². The van der Waals surface area contributed by atoms with Crippen LogP contribution in [0.2, 0.25) is 0 Å². The molecule has 0 atom stereocenters. The molecule has 0 spiro atoms. The summed E-state index contributed by atoms with van der Waals surface area (Å²) in [5.74, 6) is 1.88. The van der Waals surface area contributed by atoms with Crippen molar-refractivity contribution < 1.29 is 0 Å². The van der Waals surface area contributed by atoms with Gasteiger partial charge in [0.2, 0.25) is 0 Å². The highest BCUT2D eigenvalue weighted by atomic mass is 15.0. The first-order valence-electron chi connectivity index (χ1n) is 25.4. The molecule has 328 valence electrons. The molecule has 0 aliphatic heterocycles. The van der Waals surface area contributed by atoms with Crippen molar-refractivity contribution in [1.29, 1.82) is 0 Å². The van der Waals surface area contributed by atoms with Gasteiger partial charge in [0.25, 0.3) is 0 Å². The summed E-state index contributed by atoms with van der Waals surface area (Å²) >= 11 is 0. The molecule has 72 heavy (non-hydrogen) atoms. The van der Waals surface area contributed by atoms with Crippen molar-refractivity contribution in [3.8, 4) is 78.7 Å². The van der Waals surface area contributed by atoms with Crippen LogP contribution in [-0.4, -0.2) is 109 Å². The van der Waals surface area contributed by atoms with E-state index in [0.717, 1.165) is 38.8 Å². The Labute approximate surface area is 434 Å². The van der Waals surface area contributed by atoms with E-state index in [1.54, 1.807) is 0 Å². The normalized spacial score (nSPS) is 11.4. The first-order valence-corrected chi connectivity index (χ1v) is 25.4. The van der Waals surface area contributed by atoms with Crippen LogP contribution < -0.4 is 65.6 Å². The molecular formula is C57H49B12N3. The van der Waals surface area contributed by atoms with Gasteiger partial charge in [-0.1, -0.05) is 166 Å². The van der Waals surface area contributed by atoms with E-state index in [9.17, 15) is 0 Å². The molecule has 0 unspecified atom stereocenters. The number of nitrogens with zero attached hydrogens (tertiary/aromatic N) is 3. The summed E-state index contributed by atoms with van der Waals surface area (Å²) in [5, 5.41) is 7.48. The average molecular weight is 906 g/mol. The predicted octanol–water partition coefficient (Wildman–Crippen LogP) is -5.90. The van der Waals surface area contributed by atoms with Crippen molar-refractivity contribution in [3.63, 3.8) is 0 Å². The Kier molecular flexibility index (Phi) is 12.1. The predicted molar refractivity (Wildman–Crippen MR) is 349 cm³/mol. The number of aromatic nitrogens is 3. The third-order valence-electron chi connectivity index (χ3n) is 16.7. The zero-order valence-corrected chi connectivity index (χ0v) is 43.8. The Morgan fingerprint density at radius 3 is 1.31 bits per heavy atom. The molecule has 11 rings (SSSR count). The fraction of sp³-hybridized carbons (Fsp3) is 0. The third kappa shape index (κ3) is 7.75. The molecule has 0 radical (unpaired) electrons. The lowest BCUT2D eigenvalue weighted by Gasteiger charge is -2.24. The molecule has 1 heterocycles. The van der Waals surface area contributed by atoms with Gasteiger partial charge in [-0.25, -0.2) is 15.0 Å². The second-order valence-corrected chi connectivity index (χ2v) is 20.3. The van der Waals surface area contributed by atoms with E-state index in [2.05, 4.69) is 246 Å². The van der Waals surface area contributed by atoms with Crippen molar-refractivity contribution in [2.24, 2.45) is 0 Å². The van der Waals surface area contributed by atoms with Gasteiger partial charge in [-0.15, -0.1) is 32.8 Å². The Morgan fingerprint density at radius 2 is 0.667 bits per heavy atom. The number of hydrogen-bond donors (Lipinski definition) is 0. The zero-order chi connectivity index (χ0) is 50.3. The van der Waals surface area contributed by atoms with Gasteiger partial charge in [-0.05, 0) is 95.0 Å². The van der Waals surface area contributed by atoms with Crippen LogP contribution in [0.15, 0.2) is 152 Å². The molecule has 0 fully saturated rings. The lowest BCUT2D eigenvalue weighted by Crippen LogP contribution is -2.55. The monoisotopic (exact) mass is 908 g/mol. The zero-order valence-electron chi connectivity index (χ0n) is 43.8. The topological polar surface area (TPSA) is 38.7 Å². The van der Waals surface area contributed by atoms with Crippen LogP contribution in [0.1, 0.15) is 0 Å². The smallest absolute Gasteiger partial charge is 0.164 e. The summed E-state index contributed by atoms with van der Waals surface area (Å²) in [6.07, 6.45) is 0. The van der Waals surface area contributed by atoms with E-state index in [1.807, 2.05) is 0 Å². The second kappa shape index (κ2) is 18.4. The van der Waals surface area contributed by atoms with Gasteiger partial charge in [0, 0.05) is 16.7 Å². The minimum atomic E-state index is 0.624. The van der Waals surface area contributed by atoms with E-state index in [-0.39, 0.29) is 0 Å². The van der Waals surface area contributed by atoms with E-state index in [1.165, 1.54) is 120 Å². The molecule has 1 aromatic heterocycles. The molecule has 11 aromatic rings. The summed E-state index contributed by atoms with van der Waals surface area (Å²) in [4.78, 5) is 16.2. The van der Waals surface area contributed by atoms with Crippen molar-refractivity contribution in [2.75, 3.05) is 0 Å². The van der Waals surface area contributed by atoms with E-state index < -0.39 is 0 Å². The fourth-order valence-corrected chi connectivity index (χ4v) is 11.6. The van der Waals surface area contributed by atoms with Crippen molar-refractivity contribution in [1.82, 2.24) is 15.0 Å². The summed E-state index contributed by atoms with van der Waals surface area (Å²) in [5.41, 5.74) is 28.6. The number of fused-ring (bicyclic) bond motifs is 3. The molecule has 10 aromatic carbocycles. The third-order valence-corrected chi connectivity index (χ3v) is 16.7. The lowest BCUT2D eigenvalue weighted by atomic mass is 9.59. The van der Waals surface area contributed by atoms with Crippen LogP contribution in [0, 0.1) is 0 Å². The largest absolute Gasteiger partial charge is 0.208 e. The van der Waals surface area contributed by atoms with Gasteiger partial charge in [0.05, 0.1) is 0 Å². The Hall–Kier alpha value is -7.23. The molecule has 0 bridgehead atoms. The SMILES string of the molecule is Bc1c(B)c(B)c(-c2ccc(-c3cccc(-c4nc(-c5ccc(-c6c(B)c(B)c(B)c7c(B)c(B)c(B)c(B)c67)cc5)nc(-c5cc6ccccc6cc5-c5ccccc5)n4)c3)c3ccccc23)c(B)c1B. The van der Waals surface area contributed by atoms with Gasteiger partial charge in [-0.3, -0.25) is 0 Å². The van der Waals surface area contributed by atoms with Crippen molar-refractivity contribution >= 4 is 192 Å². The molecule has 0 amide bonds. The Balaban J connectivity index is 1.10. The first-order chi connectivity index (χ1) is 34.7. The van der Waals surface area contributed by atoms with E-state index in [0.29, 0.717) is 17.5 Å². The fourth-order valence-electron chi connectivity index (χ4n) is 11.6. The summed E-state index contributed by atoms with van der Waals surface area (Å²) in [7, 11) is 27.3. The molecule has 0 saturated heterocycles. The average Bonchev–Trinajstić information content (AvgIpc) is 3.42. The quantitative estimate of drug-likeness (QED) is 0.150. The molecule has 0 saturated carbocycles. The van der Waals surface area contributed by atoms with E-state index >= 15 is 0 Å². The first kappa shape index (κ1) is 47.1. The highest BCUT2D eigenvalue weighted by Gasteiger charge is 2.22. The van der Waals surface area contributed by atoms with Gasteiger partial charge < -0.3 is 0 Å². The molecule has 15 heteroatoms. The minimum Gasteiger partial charge on any atom is -0.208 e. The lowest BCUT2D eigenvalue weighted by molar-refractivity contribution is 1.07. The maximum Gasteiger partial charge on any atom is 0.164 e. The summed E-state index contributed by atoms with van der Waals surface area (Å²) in [6.45, 7) is 0. The summed E-state index contributed by atoms with van der Waals surface area (Å²) in [6, 6.07) is 54.8. The number of benzene rings is 10. The van der Waals surface area contributed by atoms with Gasteiger partial charge >= 0.3 is 0 Å². The second-order valence-electron chi connectivity index (χ2n) is 20.3. The minimum absolute atomic E-state index is 0.624. The van der Waals surface area contributed by atoms with Gasteiger partial charge in [-0.2, -0.15) is 0 Å². The molecule has 0 N–H and O–H groups in total. The standard InChI is InChI=1S/C57H49B12N3/c58-43-39(41-42(47(62)49(43)64)48(63)53(68)52(67)46(41)61)27-17-19-28(20-18-27)55-70-56(72-57(71-55)38-25-30-12-5-4-11-29(30)24-37(38)26-9-2-1-3-10-26)32-14-8-13-31(23-32)33-21-22-36(35-16-7-6-15-34(33)35)40-44(59)50(65)54(69)51(66)45(40)60/h1-25H,58-69H2. The van der Waals surface area contributed by atoms with Crippen LogP contribution >= 0.6 is 0 Å². The van der Waals surface area contributed by atoms with Gasteiger partial charge in [0.1, 0.15) is 94.2 Å². The molecular weight excluding hydrogens is 856 g/mol.